The number of esters is 1. The Morgan fingerprint density at radius 1 is 0.939 bits per heavy atom. The van der Waals surface area contributed by atoms with E-state index in [4.69, 9.17) is 14.3 Å². The second kappa shape index (κ2) is 14.1. The van der Waals surface area contributed by atoms with Crippen LogP contribution >= 0.6 is 23.1 Å². The normalized spacial score (nSPS) is 19.1. The fourth-order valence-electron chi connectivity index (χ4n) is 5.87. The molecule has 4 aromatic rings. The Labute approximate surface area is 290 Å². The van der Waals surface area contributed by atoms with Gasteiger partial charge in [0, 0.05) is 42.0 Å². The Morgan fingerprint density at radius 2 is 1.51 bits per heavy atom. The zero-order valence-electron chi connectivity index (χ0n) is 26.4. The average molecular weight is 698 g/mol. The first-order valence-corrected chi connectivity index (χ1v) is 17.0. The second-order valence-corrected chi connectivity index (χ2v) is 13.1. The molecule has 11 nitrogen and oxygen atoms in total. The predicted octanol–water partition coefficient (Wildman–Crippen LogP) is 4.74. The molecular formula is C36H31N3O8S2. The predicted molar refractivity (Wildman–Crippen MR) is 183 cm³/mol. The molecule has 1 saturated heterocycles. The standard InChI is InChI=1S/C36H31N3O8S2/c1-23(40)46-21-24-22-49-34-36(45-2,33(44)39(34)30(24)32(42)43)37-31(41)29(28-19-12-20-48-28)38-47-35(25-13-6-3-7-14-25,26-15-8-4-9-16-26)27-17-10-5-11-18-27/h3-20,34H,21-22H2,1-2H3,(H,37,41)(H,42,43)/t34-,36?/m1/s1. The smallest absolute Gasteiger partial charge is 0.352 e. The highest BCUT2D eigenvalue weighted by Gasteiger charge is 2.67. The molecule has 49 heavy (non-hydrogen) atoms. The summed E-state index contributed by atoms with van der Waals surface area (Å²) in [7, 11) is 1.26. The number of benzene rings is 3. The maximum absolute atomic E-state index is 14.3. The first-order chi connectivity index (χ1) is 23.7. The van der Waals surface area contributed by atoms with E-state index >= 15 is 0 Å². The molecule has 6 rings (SSSR count). The Hall–Kier alpha value is -5.24. The summed E-state index contributed by atoms with van der Waals surface area (Å²) in [5, 5.41) is 18.1. The molecule has 1 unspecified atom stereocenters. The maximum atomic E-state index is 14.3. The highest BCUT2D eigenvalue weighted by Crippen LogP contribution is 2.47. The minimum Gasteiger partial charge on any atom is -0.477 e. The van der Waals surface area contributed by atoms with Crippen LogP contribution < -0.4 is 5.32 Å². The van der Waals surface area contributed by atoms with Gasteiger partial charge in [0.2, 0.25) is 5.60 Å². The molecule has 2 amide bonds. The Morgan fingerprint density at radius 3 is 1.98 bits per heavy atom. The number of hydrogen-bond donors (Lipinski definition) is 2. The summed E-state index contributed by atoms with van der Waals surface area (Å²) in [4.78, 5) is 59.8. The minimum atomic E-state index is -1.91. The van der Waals surface area contributed by atoms with Crippen molar-refractivity contribution >= 4 is 52.6 Å². The molecule has 3 heterocycles. The summed E-state index contributed by atoms with van der Waals surface area (Å²) in [6, 6.07) is 32.1. The monoisotopic (exact) mass is 697 g/mol. The lowest BCUT2D eigenvalue weighted by atomic mass is 9.80. The van der Waals surface area contributed by atoms with E-state index in [0.717, 1.165) is 21.6 Å². The number of hydrogen-bond acceptors (Lipinski definition) is 10. The number of amides is 2. The first kappa shape index (κ1) is 33.7. The van der Waals surface area contributed by atoms with Gasteiger partial charge in [0.05, 0.1) is 4.88 Å². The molecule has 0 radical (unpaired) electrons. The number of oxime groups is 1. The van der Waals surface area contributed by atoms with Crippen LogP contribution in [0.5, 0.6) is 0 Å². The van der Waals surface area contributed by atoms with Gasteiger partial charge in [-0.2, -0.15) is 0 Å². The Balaban J connectivity index is 1.39. The van der Waals surface area contributed by atoms with Crippen LogP contribution in [0.2, 0.25) is 0 Å². The van der Waals surface area contributed by atoms with Crippen molar-refractivity contribution in [3.05, 3.63) is 141 Å². The number of aliphatic carboxylic acids is 1. The lowest BCUT2D eigenvalue weighted by Crippen LogP contribution is -2.81. The number of β-lactam (4-membered cyclic amide) rings is 1. The molecule has 2 aliphatic heterocycles. The molecule has 2 N–H and O–H groups in total. The molecule has 1 aromatic heterocycles. The maximum Gasteiger partial charge on any atom is 0.352 e. The van der Waals surface area contributed by atoms with Crippen molar-refractivity contribution in [1.29, 1.82) is 0 Å². The van der Waals surface area contributed by atoms with E-state index in [-0.39, 0.29) is 29.3 Å². The molecule has 0 aliphatic carbocycles. The van der Waals surface area contributed by atoms with Gasteiger partial charge in [-0.1, -0.05) is 102 Å². The molecule has 2 aliphatic rings. The summed E-state index contributed by atoms with van der Waals surface area (Å²) >= 11 is 2.43. The van der Waals surface area contributed by atoms with Gasteiger partial charge in [-0.25, -0.2) is 4.79 Å². The highest BCUT2D eigenvalue weighted by atomic mass is 32.2. The molecule has 3 aromatic carbocycles. The summed E-state index contributed by atoms with van der Waals surface area (Å²) in [5.74, 6) is -3.40. The van der Waals surface area contributed by atoms with Gasteiger partial charge < -0.3 is 24.7 Å². The number of rotatable bonds is 12. The van der Waals surface area contributed by atoms with Crippen molar-refractivity contribution in [2.24, 2.45) is 5.16 Å². The third-order valence-corrected chi connectivity index (χ3v) is 10.4. The zero-order valence-corrected chi connectivity index (χ0v) is 28.0. The van der Waals surface area contributed by atoms with E-state index < -0.39 is 40.5 Å². The van der Waals surface area contributed by atoms with E-state index in [1.165, 1.54) is 37.1 Å². The number of carbonyl (C=O) groups excluding carboxylic acids is 3. The molecule has 13 heteroatoms. The van der Waals surface area contributed by atoms with Crippen molar-refractivity contribution in [2.75, 3.05) is 19.5 Å². The van der Waals surface area contributed by atoms with Crippen molar-refractivity contribution < 1.29 is 38.6 Å². The van der Waals surface area contributed by atoms with Crippen molar-refractivity contribution in [2.45, 2.75) is 23.6 Å². The summed E-state index contributed by atoms with van der Waals surface area (Å²) in [6.45, 7) is 0.922. The first-order valence-electron chi connectivity index (χ1n) is 15.1. The van der Waals surface area contributed by atoms with Crippen molar-refractivity contribution in [3.63, 3.8) is 0 Å². The number of methoxy groups -OCH3 is 1. The molecule has 2 atom stereocenters. The van der Waals surface area contributed by atoms with E-state index in [1.807, 2.05) is 91.0 Å². The van der Waals surface area contributed by atoms with Gasteiger partial charge in [-0.05, 0) is 11.4 Å². The fraction of sp³-hybridized carbons (Fsp3) is 0.194. The lowest BCUT2D eigenvalue weighted by Gasteiger charge is -2.55. The van der Waals surface area contributed by atoms with E-state index in [0.29, 0.717) is 4.88 Å². The summed E-state index contributed by atoms with van der Waals surface area (Å²) in [6.07, 6.45) is 0. The number of carbonyl (C=O) groups is 4. The Kier molecular flexibility index (Phi) is 9.67. The van der Waals surface area contributed by atoms with E-state index in [2.05, 4.69) is 10.5 Å². The van der Waals surface area contributed by atoms with Crippen LogP contribution in [0.4, 0.5) is 0 Å². The van der Waals surface area contributed by atoms with Crippen LogP contribution in [0, 0.1) is 0 Å². The average Bonchev–Trinajstić information content (AvgIpc) is 3.66. The molecule has 0 spiro atoms. The highest BCUT2D eigenvalue weighted by molar-refractivity contribution is 8.00. The van der Waals surface area contributed by atoms with Crippen LogP contribution in [0.25, 0.3) is 0 Å². The summed E-state index contributed by atoms with van der Waals surface area (Å²) < 4.78 is 10.7. The summed E-state index contributed by atoms with van der Waals surface area (Å²) in [5.41, 5.74) is -1.09. The number of nitrogens with one attached hydrogen (secondary N) is 1. The van der Waals surface area contributed by atoms with Gasteiger partial charge in [0.15, 0.2) is 5.71 Å². The van der Waals surface area contributed by atoms with Gasteiger partial charge in [-0.3, -0.25) is 19.3 Å². The quantitative estimate of drug-likeness (QED) is 0.0536. The third-order valence-electron chi connectivity index (χ3n) is 8.17. The number of ether oxygens (including phenoxy) is 2. The van der Waals surface area contributed by atoms with Crippen molar-refractivity contribution in [3.8, 4) is 0 Å². The van der Waals surface area contributed by atoms with Gasteiger partial charge >= 0.3 is 11.9 Å². The van der Waals surface area contributed by atoms with Crippen LogP contribution in [0.15, 0.2) is 125 Å². The number of nitrogens with zero attached hydrogens (tertiary/aromatic N) is 2. The molecule has 1 fully saturated rings. The van der Waals surface area contributed by atoms with Crippen LogP contribution in [-0.4, -0.2) is 70.0 Å². The van der Waals surface area contributed by atoms with Crippen LogP contribution in [0.1, 0.15) is 28.5 Å². The molecule has 250 valence electrons. The SMILES string of the molecule is COC1(NC(=O)C(=NOC(c2ccccc2)(c2ccccc2)c2ccccc2)c2cccs2)C(=O)N2C(C(=O)O)=C(COC(C)=O)CS[C@@H]21. The van der Waals surface area contributed by atoms with E-state index in [9.17, 15) is 24.3 Å². The molecular weight excluding hydrogens is 667 g/mol. The van der Waals surface area contributed by atoms with E-state index in [1.54, 1.807) is 17.5 Å². The van der Waals surface area contributed by atoms with Gasteiger partial charge in [0.1, 0.15) is 17.7 Å². The second-order valence-electron chi connectivity index (χ2n) is 11.1. The number of thiophene rings is 1. The number of fused-ring (bicyclic) bond motifs is 1. The van der Waals surface area contributed by atoms with Crippen molar-refractivity contribution in [1.82, 2.24) is 10.2 Å². The number of thioether (sulfide) groups is 1. The minimum absolute atomic E-state index is 0.116. The third kappa shape index (κ3) is 6.12. The lowest BCUT2D eigenvalue weighted by molar-refractivity contribution is -0.191. The van der Waals surface area contributed by atoms with Crippen LogP contribution in [-0.2, 0) is 39.1 Å². The topological polar surface area (TPSA) is 144 Å². The molecule has 0 bridgehead atoms. The largest absolute Gasteiger partial charge is 0.477 e. The Bertz CT molecular complexity index is 1820. The van der Waals surface area contributed by atoms with Gasteiger partial charge in [-0.15, -0.1) is 23.1 Å². The number of carboxylic acids is 1. The number of carboxylic acid groups (broad SMARTS) is 1. The zero-order chi connectivity index (χ0) is 34.6. The fourth-order valence-corrected chi connectivity index (χ4v) is 8.00. The molecule has 0 saturated carbocycles. The van der Waals surface area contributed by atoms with Gasteiger partial charge in [0.25, 0.3) is 17.5 Å². The van der Waals surface area contributed by atoms with Crippen LogP contribution in [0.3, 0.4) is 0 Å².